The van der Waals surface area contributed by atoms with Gasteiger partial charge in [-0.05, 0) is 38.0 Å². The second-order valence-electron chi connectivity index (χ2n) is 6.83. The van der Waals surface area contributed by atoms with Crippen LogP contribution in [-0.4, -0.2) is 29.1 Å². The number of hydrogen-bond acceptors (Lipinski definition) is 3. The van der Waals surface area contributed by atoms with Gasteiger partial charge in [0, 0.05) is 18.0 Å². The normalized spacial score (nSPS) is 32.2. The first-order valence-electron chi connectivity index (χ1n) is 7.37. The Balaban J connectivity index is 2.75. The maximum absolute atomic E-state index is 12.5. The van der Waals surface area contributed by atoms with Gasteiger partial charge in [0.25, 0.3) is 0 Å². The van der Waals surface area contributed by atoms with E-state index in [2.05, 4.69) is 26.1 Å². The predicted octanol–water partition coefficient (Wildman–Crippen LogP) is 1.61. The highest BCUT2D eigenvalue weighted by Gasteiger charge is 2.45. The van der Waals surface area contributed by atoms with Crippen LogP contribution < -0.4 is 11.1 Å². The highest BCUT2D eigenvalue weighted by molar-refractivity contribution is 5.81. The van der Waals surface area contributed by atoms with Crippen molar-refractivity contribution in [2.45, 2.75) is 59.5 Å². The zero-order valence-corrected chi connectivity index (χ0v) is 13.1. The molecule has 0 aromatic carbocycles. The number of carboxylic acid groups (broad SMARTS) is 1. The van der Waals surface area contributed by atoms with Crippen LogP contribution in [0.3, 0.4) is 0 Å². The SMILES string of the molecule is CC(NC(=O)C1CCC(N)C(C)C1(C)C)C(C)C(=O)O. The van der Waals surface area contributed by atoms with Gasteiger partial charge in [-0.15, -0.1) is 0 Å². The number of rotatable bonds is 4. The fraction of sp³-hybridized carbons (Fsp3) is 0.867. The lowest BCUT2D eigenvalue weighted by Gasteiger charge is -2.46. The van der Waals surface area contributed by atoms with Crippen molar-refractivity contribution in [1.82, 2.24) is 5.32 Å². The first-order valence-corrected chi connectivity index (χ1v) is 7.37. The molecule has 4 N–H and O–H groups in total. The van der Waals surface area contributed by atoms with Gasteiger partial charge in [-0.2, -0.15) is 0 Å². The van der Waals surface area contributed by atoms with E-state index in [0.717, 1.165) is 12.8 Å². The topological polar surface area (TPSA) is 92.4 Å². The molecule has 0 aromatic heterocycles. The molecule has 5 unspecified atom stereocenters. The minimum Gasteiger partial charge on any atom is -0.481 e. The molecule has 1 rings (SSSR count). The number of nitrogens with one attached hydrogen (secondary N) is 1. The van der Waals surface area contributed by atoms with E-state index in [1.54, 1.807) is 13.8 Å². The maximum atomic E-state index is 12.5. The third kappa shape index (κ3) is 3.32. The Morgan fingerprint density at radius 2 is 1.85 bits per heavy atom. The van der Waals surface area contributed by atoms with E-state index in [-0.39, 0.29) is 35.2 Å². The minimum absolute atomic E-state index is 0.0469. The van der Waals surface area contributed by atoms with Crippen molar-refractivity contribution in [2.24, 2.45) is 28.9 Å². The zero-order valence-electron chi connectivity index (χ0n) is 13.1. The second kappa shape index (κ2) is 6.12. The van der Waals surface area contributed by atoms with Gasteiger partial charge >= 0.3 is 5.97 Å². The Bertz CT molecular complexity index is 381. The lowest BCUT2D eigenvalue weighted by molar-refractivity contribution is -0.142. The van der Waals surface area contributed by atoms with Crippen LogP contribution in [0.15, 0.2) is 0 Å². The highest BCUT2D eigenvalue weighted by atomic mass is 16.4. The summed E-state index contributed by atoms with van der Waals surface area (Å²) >= 11 is 0. The Morgan fingerprint density at radius 1 is 1.30 bits per heavy atom. The van der Waals surface area contributed by atoms with Crippen molar-refractivity contribution in [3.05, 3.63) is 0 Å². The molecule has 5 atom stereocenters. The second-order valence-corrected chi connectivity index (χ2v) is 6.83. The zero-order chi connectivity index (χ0) is 15.7. The van der Waals surface area contributed by atoms with E-state index in [1.807, 2.05) is 0 Å². The number of carbonyl (C=O) groups excluding carboxylic acids is 1. The monoisotopic (exact) mass is 284 g/mol. The summed E-state index contributed by atoms with van der Waals surface area (Å²) in [4.78, 5) is 23.4. The number of amides is 1. The lowest BCUT2D eigenvalue weighted by Crippen LogP contribution is -2.53. The number of carboxylic acids is 1. The third-order valence-electron chi connectivity index (χ3n) is 5.33. The number of aliphatic carboxylic acids is 1. The molecule has 116 valence electrons. The summed E-state index contributed by atoms with van der Waals surface area (Å²) < 4.78 is 0. The van der Waals surface area contributed by atoms with Gasteiger partial charge in [0.1, 0.15) is 0 Å². The summed E-state index contributed by atoms with van der Waals surface area (Å²) in [7, 11) is 0. The van der Waals surface area contributed by atoms with Crippen LogP contribution in [0.4, 0.5) is 0 Å². The van der Waals surface area contributed by atoms with Crippen molar-refractivity contribution in [3.8, 4) is 0 Å². The average molecular weight is 284 g/mol. The van der Waals surface area contributed by atoms with Gasteiger partial charge in [0.15, 0.2) is 0 Å². The Morgan fingerprint density at radius 3 is 2.35 bits per heavy atom. The summed E-state index contributed by atoms with van der Waals surface area (Å²) in [5, 5.41) is 11.8. The van der Waals surface area contributed by atoms with Crippen molar-refractivity contribution in [1.29, 1.82) is 0 Å². The summed E-state index contributed by atoms with van der Waals surface area (Å²) in [6.45, 7) is 9.59. The Kier molecular flexibility index (Phi) is 5.19. The highest BCUT2D eigenvalue weighted by Crippen LogP contribution is 2.44. The van der Waals surface area contributed by atoms with E-state index in [1.165, 1.54) is 0 Å². The molecule has 1 amide bonds. The average Bonchev–Trinajstić information content (AvgIpc) is 2.34. The molecule has 0 bridgehead atoms. The van der Waals surface area contributed by atoms with Crippen molar-refractivity contribution < 1.29 is 14.7 Å². The van der Waals surface area contributed by atoms with Crippen molar-refractivity contribution in [3.63, 3.8) is 0 Å². The minimum atomic E-state index is -0.893. The van der Waals surface area contributed by atoms with Gasteiger partial charge in [-0.25, -0.2) is 0 Å². The Hall–Kier alpha value is -1.10. The molecular weight excluding hydrogens is 256 g/mol. The van der Waals surface area contributed by atoms with E-state index in [0.29, 0.717) is 0 Å². The smallest absolute Gasteiger partial charge is 0.308 e. The van der Waals surface area contributed by atoms with E-state index in [9.17, 15) is 9.59 Å². The number of nitrogens with two attached hydrogens (primary N) is 1. The molecule has 20 heavy (non-hydrogen) atoms. The van der Waals surface area contributed by atoms with E-state index < -0.39 is 11.9 Å². The molecule has 5 nitrogen and oxygen atoms in total. The van der Waals surface area contributed by atoms with Crippen LogP contribution in [0.25, 0.3) is 0 Å². The molecule has 1 aliphatic carbocycles. The Labute approximate surface area is 121 Å². The molecule has 1 saturated carbocycles. The van der Waals surface area contributed by atoms with Gasteiger partial charge in [-0.1, -0.05) is 20.8 Å². The molecule has 1 fully saturated rings. The number of carbonyl (C=O) groups is 2. The molecule has 5 heteroatoms. The molecule has 0 aromatic rings. The fourth-order valence-electron chi connectivity index (χ4n) is 2.98. The lowest BCUT2D eigenvalue weighted by atomic mass is 9.61. The van der Waals surface area contributed by atoms with Crippen molar-refractivity contribution in [2.75, 3.05) is 0 Å². The molecular formula is C15H28N2O3. The number of hydrogen-bond donors (Lipinski definition) is 3. The van der Waals surface area contributed by atoms with Gasteiger partial charge < -0.3 is 16.2 Å². The van der Waals surface area contributed by atoms with E-state index in [4.69, 9.17) is 10.8 Å². The largest absolute Gasteiger partial charge is 0.481 e. The predicted molar refractivity (Wildman–Crippen MR) is 78.0 cm³/mol. The summed E-state index contributed by atoms with van der Waals surface area (Å²) in [6, 6.07) is -0.244. The van der Waals surface area contributed by atoms with E-state index >= 15 is 0 Å². The molecule has 0 spiro atoms. The fourth-order valence-corrected chi connectivity index (χ4v) is 2.98. The van der Waals surface area contributed by atoms with Gasteiger partial charge in [-0.3, -0.25) is 9.59 Å². The summed E-state index contributed by atoms with van der Waals surface area (Å²) in [6.07, 6.45) is 1.60. The maximum Gasteiger partial charge on any atom is 0.308 e. The first kappa shape index (κ1) is 17.0. The first-order chi connectivity index (χ1) is 9.09. The molecule has 1 aliphatic rings. The van der Waals surface area contributed by atoms with Gasteiger partial charge in [0.2, 0.25) is 5.91 Å². The summed E-state index contributed by atoms with van der Waals surface area (Å²) in [5.74, 6) is -1.38. The molecule has 0 heterocycles. The standard InChI is InChI=1S/C15H28N2O3/c1-8(14(19)20)10(3)17-13(18)11-6-7-12(16)9(2)15(11,4)5/h8-12H,6-7,16H2,1-5H3,(H,17,18)(H,19,20). The molecule has 0 saturated heterocycles. The quantitative estimate of drug-likeness (QED) is 0.731. The molecule has 0 radical (unpaired) electrons. The van der Waals surface area contributed by atoms with Crippen LogP contribution in [0, 0.1) is 23.2 Å². The summed E-state index contributed by atoms with van der Waals surface area (Å²) in [5.41, 5.74) is 5.92. The third-order valence-corrected chi connectivity index (χ3v) is 5.33. The van der Waals surface area contributed by atoms with Crippen LogP contribution in [0.5, 0.6) is 0 Å². The van der Waals surface area contributed by atoms with Crippen molar-refractivity contribution >= 4 is 11.9 Å². The van der Waals surface area contributed by atoms with Crippen LogP contribution in [0.1, 0.15) is 47.5 Å². The van der Waals surface area contributed by atoms with Crippen LogP contribution in [-0.2, 0) is 9.59 Å². The van der Waals surface area contributed by atoms with Gasteiger partial charge in [0.05, 0.1) is 5.92 Å². The molecule has 0 aliphatic heterocycles. The van der Waals surface area contributed by atoms with Crippen LogP contribution >= 0.6 is 0 Å². The van der Waals surface area contributed by atoms with Crippen LogP contribution in [0.2, 0.25) is 0 Å².